The van der Waals surface area contributed by atoms with Gasteiger partial charge in [0.25, 0.3) is 5.56 Å². The van der Waals surface area contributed by atoms with Crippen LogP contribution in [0.25, 0.3) is 0 Å². The van der Waals surface area contributed by atoms with Gasteiger partial charge in [0.05, 0.1) is 19.3 Å². The van der Waals surface area contributed by atoms with E-state index in [9.17, 15) is 14.4 Å². The fraction of sp³-hybridized carbons (Fsp3) is 0.667. The molecule has 1 aromatic rings. The average Bonchev–Trinajstić information content (AvgIpc) is 3.31. The molecule has 1 aliphatic heterocycles. The molecule has 0 spiro atoms. The van der Waals surface area contributed by atoms with Crippen LogP contribution in [0, 0.1) is 0 Å². The molecule has 0 bridgehead atoms. The Balaban J connectivity index is 1.83. The Labute approximate surface area is 133 Å². The van der Waals surface area contributed by atoms with Crippen molar-refractivity contribution >= 4 is 11.6 Å². The van der Waals surface area contributed by atoms with Crippen LogP contribution in [0.4, 0.5) is 5.82 Å². The Morgan fingerprint density at radius 3 is 2.78 bits per heavy atom. The SMILES string of the molecule is CCC1CN(CC(=O)c2c(N)n(C3CC3)c(=O)[nH]c2=O)CCO1. The standard InChI is InChI=1S/C15H22N4O4/c1-2-10-7-18(5-6-23-10)8-11(20)12-13(16)19(9-3-4-9)15(22)17-14(12)21/h9-10H,2-8,16H2,1H3,(H,17,21,22). The number of aromatic amines is 1. The number of nitrogens with zero attached hydrogens (tertiary/aromatic N) is 2. The molecule has 8 heteroatoms. The van der Waals surface area contributed by atoms with Crippen molar-refractivity contribution in [3.63, 3.8) is 0 Å². The molecule has 0 radical (unpaired) electrons. The van der Waals surface area contributed by atoms with Gasteiger partial charge in [-0.25, -0.2) is 4.79 Å². The van der Waals surface area contributed by atoms with Crippen LogP contribution in [0.15, 0.2) is 9.59 Å². The van der Waals surface area contributed by atoms with E-state index in [0.29, 0.717) is 19.7 Å². The van der Waals surface area contributed by atoms with Crippen molar-refractivity contribution in [2.45, 2.75) is 38.3 Å². The van der Waals surface area contributed by atoms with Gasteiger partial charge in [-0.1, -0.05) is 6.92 Å². The van der Waals surface area contributed by atoms with E-state index < -0.39 is 11.2 Å². The molecule has 2 fully saturated rings. The topological polar surface area (TPSA) is 110 Å². The Morgan fingerprint density at radius 2 is 2.13 bits per heavy atom. The predicted molar refractivity (Wildman–Crippen MR) is 84.8 cm³/mol. The third kappa shape index (κ3) is 3.23. The van der Waals surface area contributed by atoms with Crippen molar-refractivity contribution in [2.24, 2.45) is 0 Å². The largest absolute Gasteiger partial charge is 0.384 e. The van der Waals surface area contributed by atoms with Gasteiger partial charge in [0.1, 0.15) is 11.4 Å². The van der Waals surface area contributed by atoms with Gasteiger partial charge in [-0.3, -0.25) is 24.0 Å². The highest BCUT2D eigenvalue weighted by Crippen LogP contribution is 2.35. The summed E-state index contributed by atoms with van der Waals surface area (Å²) in [4.78, 5) is 40.7. The Kier molecular flexibility index (Phi) is 4.36. The number of nitrogen functional groups attached to an aromatic ring is 1. The van der Waals surface area contributed by atoms with Gasteiger partial charge in [0.2, 0.25) is 0 Å². The van der Waals surface area contributed by atoms with E-state index in [-0.39, 0.29) is 35.9 Å². The molecule has 0 aromatic carbocycles. The number of ketones is 1. The first-order valence-corrected chi connectivity index (χ1v) is 8.02. The monoisotopic (exact) mass is 322 g/mol. The van der Waals surface area contributed by atoms with Gasteiger partial charge in [0, 0.05) is 19.1 Å². The zero-order valence-electron chi connectivity index (χ0n) is 13.2. The van der Waals surface area contributed by atoms with Crippen LogP contribution >= 0.6 is 0 Å². The summed E-state index contributed by atoms with van der Waals surface area (Å²) in [7, 11) is 0. The van der Waals surface area contributed by atoms with Gasteiger partial charge in [-0.15, -0.1) is 0 Å². The van der Waals surface area contributed by atoms with Gasteiger partial charge in [0.15, 0.2) is 5.78 Å². The lowest BCUT2D eigenvalue weighted by atomic mass is 10.1. The predicted octanol–water partition coefficient (Wildman–Crippen LogP) is -0.253. The number of hydrogen-bond donors (Lipinski definition) is 2. The summed E-state index contributed by atoms with van der Waals surface area (Å²) in [6.07, 6.45) is 2.66. The molecule has 1 unspecified atom stereocenters. The van der Waals surface area contributed by atoms with Gasteiger partial charge in [-0.2, -0.15) is 0 Å². The highest BCUT2D eigenvalue weighted by Gasteiger charge is 2.31. The van der Waals surface area contributed by atoms with Crippen molar-refractivity contribution < 1.29 is 9.53 Å². The van der Waals surface area contributed by atoms with E-state index in [0.717, 1.165) is 19.3 Å². The first-order chi connectivity index (χ1) is 11.0. The third-order valence-electron chi connectivity index (χ3n) is 4.42. The summed E-state index contributed by atoms with van der Waals surface area (Å²) in [5.74, 6) is -0.360. The van der Waals surface area contributed by atoms with Crippen LogP contribution in [-0.4, -0.2) is 52.6 Å². The molecule has 2 heterocycles. The number of anilines is 1. The van der Waals surface area contributed by atoms with Gasteiger partial charge < -0.3 is 10.5 Å². The summed E-state index contributed by atoms with van der Waals surface area (Å²) in [5.41, 5.74) is 4.63. The van der Waals surface area contributed by atoms with Crippen molar-refractivity contribution in [3.05, 3.63) is 26.4 Å². The number of Topliss-reactive ketones (excluding diaryl/α,β-unsaturated/α-hetero) is 1. The van der Waals surface area contributed by atoms with E-state index in [4.69, 9.17) is 10.5 Å². The molecule has 1 aromatic heterocycles. The van der Waals surface area contributed by atoms with Crippen LogP contribution in [-0.2, 0) is 4.74 Å². The Hall–Kier alpha value is -1.93. The molecule has 126 valence electrons. The maximum atomic E-state index is 12.6. The minimum atomic E-state index is -0.699. The van der Waals surface area contributed by atoms with Crippen molar-refractivity contribution in [3.8, 4) is 0 Å². The maximum absolute atomic E-state index is 12.6. The fourth-order valence-corrected chi connectivity index (χ4v) is 2.98. The lowest BCUT2D eigenvalue weighted by molar-refractivity contribution is -0.0271. The number of H-pyrrole nitrogens is 1. The number of carbonyl (C=O) groups is 1. The number of morpholine rings is 1. The first-order valence-electron chi connectivity index (χ1n) is 8.02. The van der Waals surface area contributed by atoms with Crippen LogP contribution in [0.2, 0.25) is 0 Å². The molecule has 1 aliphatic carbocycles. The summed E-state index contributed by atoms with van der Waals surface area (Å²) in [5, 5.41) is 0. The zero-order chi connectivity index (χ0) is 16.6. The van der Waals surface area contributed by atoms with E-state index in [1.807, 2.05) is 11.8 Å². The summed E-state index contributed by atoms with van der Waals surface area (Å²) >= 11 is 0. The van der Waals surface area contributed by atoms with Crippen LogP contribution in [0.5, 0.6) is 0 Å². The van der Waals surface area contributed by atoms with Crippen LogP contribution in [0.3, 0.4) is 0 Å². The minimum absolute atomic E-state index is 0.00115. The second-order valence-electron chi connectivity index (χ2n) is 6.18. The Morgan fingerprint density at radius 1 is 1.39 bits per heavy atom. The molecule has 8 nitrogen and oxygen atoms in total. The highest BCUT2D eigenvalue weighted by molar-refractivity contribution is 6.01. The first kappa shape index (κ1) is 15.9. The van der Waals surface area contributed by atoms with Crippen molar-refractivity contribution in [1.82, 2.24) is 14.5 Å². The number of hydrogen-bond acceptors (Lipinski definition) is 6. The lowest BCUT2D eigenvalue weighted by Crippen LogP contribution is -2.45. The molecular weight excluding hydrogens is 300 g/mol. The number of ether oxygens (including phenoxy) is 1. The number of aromatic nitrogens is 2. The summed E-state index contributed by atoms with van der Waals surface area (Å²) in [6, 6.07) is -0.00115. The molecule has 3 rings (SSSR count). The third-order valence-corrected chi connectivity index (χ3v) is 4.42. The Bertz CT molecular complexity index is 719. The zero-order valence-corrected chi connectivity index (χ0v) is 13.2. The van der Waals surface area contributed by atoms with Crippen molar-refractivity contribution in [1.29, 1.82) is 0 Å². The molecule has 1 atom stereocenters. The number of carbonyl (C=O) groups excluding carboxylic acids is 1. The normalized spacial score (nSPS) is 22.2. The quantitative estimate of drug-likeness (QED) is 0.723. The van der Waals surface area contributed by atoms with E-state index in [1.54, 1.807) is 0 Å². The smallest absolute Gasteiger partial charge is 0.330 e. The molecule has 2 aliphatic rings. The second-order valence-corrected chi connectivity index (χ2v) is 6.18. The lowest BCUT2D eigenvalue weighted by Gasteiger charge is -2.31. The molecule has 23 heavy (non-hydrogen) atoms. The molecule has 1 saturated heterocycles. The highest BCUT2D eigenvalue weighted by atomic mass is 16.5. The number of nitrogens with two attached hydrogens (primary N) is 1. The average molecular weight is 322 g/mol. The number of rotatable bonds is 5. The summed E-state index contributed by atoms with van der Waals surface area (Å²) < 4.78 is 6.91. The maximum Gasteiger partial charge on any atom is 0.330 e. The van der Waals surface area contributed by atoms with Crippen LogP contribution < -0.4 is 17.0 Å². The minimum Gasteiger partial charge on any atom is -0.384 e. The molecule has 3 N–H and O–H groups in total. The molecule has 1 saturated carbocycles. The van der Waals surface area contributed by atoms with E-state index in [1.165, 1.54) is 4.57 Å². The summed E-state index contributed by atoms with van der Waals surface area (Å²) in [6.45, 7) is 4.00. The van der Waals surface area contributed by atoms with Gasteiger partial charge in [-0.05, 0) is 19.3 Å². The second kappa shape index (κ2) is 6.29. The fourth-order valence-electron chi connectivity index (χ4n) is 2.98. The molecular formula is C15H22N4O4. The number of nitrogens with one attached hydrogen (secondary N) is 1. The van der Waals surface area contributed by atoms with E-state index in [2.05, 4.69) is 4.98 Å². The molecule has 0 amide bonds. The van der Waals surface area contributed by atoms with Crippen molar-refractivity contribution in [2.75, 3.05) is 32.0 Å². The van der Waals surface area contributed by atoms with E-state index >= 15 is 0 Å². The van der Waals surface area contributed by atoms with Gasteiger partial charge >= 0.3 is 5.69 Å². The van der Waals surface area contributed by atoms with Crippen LogP contribution in [0.1, 0.15) is 42.6 Å².